The molecule has 2 aromatic carbocycles. The molecule has 0 radical (unpaired) electrons. The van der Waals surface area contributed by atoms with Crippen LogP contribution in [0.2, 0.25) is 10.0 Å². The maximum atomic E-state index is 12.4. The minimum absolute atomic E-state index is 0.171. The smallest absolute Gasteiger partial charge is 0.269 e. The second kappa shape index (κ2) is 8.33. The molecule has 9 heteroatoms. The van der Waals surface area contributed by atoms with Crippen molar-refractivity contribution in [2.24, 2.45) is 5.73 Å². The van der Waals surface area contributed by atoms with Crippen molar-refractivity contribution in [3.8, 4) is 11.4 Å². The van der Waals surface area contributed by atoms with Gasteiger partial charge in [0.2, 0.25) is 0 Å². The molecule has 0 aliphatic heterocycles. The van der Waals surface area contributed by atoms with Gasteiger partial charge >= 0.3 is 0 Å². The molecule has 0 bridgehead atoms. The van der Waals surface area contributed by atoms with Crippen LogP contribution in [0.5, 0.6) is 5.75 Å². The number of nitrogens with one attached hydrogen (secondary N) is 1. The Balaban J connectivity index is 1.64. The predicted octanol–water partition coefficient (Wildman–Crippen LogP) is 3.68. The molecule has 3 aromatic rings. The zero-order chi connectivity index (χ0) is 20.3. The number of carbonyl (C=O) groups excluding carboxylic acids is 2. The number of halogens is 2. The highest BCUT2D eigenvalue weighted by molar-refractivity contribution is 6.35. The van der Waals surface area contributed by atoms with Gasteiger partial charge in [0.05, 0.1) is 10.7 Å². The third-order valence-electron chi connectivity index (χ3n) is 3.81. The first kappa shape index (κ1) is 19.7. The van der Waals surface area contributed by atoms with Crippen LogP contribution in [0.15, 0.2) is 54.7 Å². The first-order chi connectivity index (χ1) is 13.3. The van der Waals surface area contributed by atoms with E-state index < -0.39 is 12.0 Å². The number of primary amides is 1. The lowest BCUT2D eigenvalue weighted by atomic mass is 10.2. The van der Waals surface area contributed by atoms with E-state index >= 15 is 0 Å². The lowest BCUT2D eigenvalue weighted by Crippen LogP contribution is -2.30. The molecular weight excluding hydrogens is 403 g/mol. The summed E-state index contributed by atoms with van der Waals surface area (Å²) >= 11 is 11.9. The van der Waals surface area contributed by atoms with Gasteiger partial charge in [-0.15, -0.1) is 0 Å². The number of benzene rings is 2. The van der Waals surface area contributed by atoms with Crippen LogP contribution < -0.4 is 15.8 Å². The van der Waals surface area contributed by atoms with Crippen molar-refractivity contribution in [1.29, 1.82) is 0 Å². The van der Waals surface area contributed by atoms with Crippen molar-refractivity contribution in [3.05, 3.63) is 70.5 Å². The quantitative estimate of drug-likeness (QED) is 0.637. The summed E-state index contributed by atoms with van der Waals surface area (Å²) in [7, 11) is 0. The Morgan fingerprint density at radius 1 is 1.14 bits per heavy atom. The fourth-order valence-electron chi connectivity index (χ4n) is 2.36. The summed E-state index contributed by atoms with van der Waals surface area (Å²) in [5.41, 5.74) is 6.65. The van der Waals surface area contributed by atoms with E-state index in [1.54, 1.807) is 55.6 Å². The summed E-state index contributed by atoms with van der Waals surface area (Å²) in [4.78, 5) is 23.5. The molecule has 3 N–H and O–H groups in total. The summed E-state index contributed by atoms with van der Waals surface area (Å²) in [5, 5.41) is 7.64. The first-order valence-corrected chi connectivity index (χ1v) is 8.97. The number of amides is 2. The highest BCUT2D eigenvalue weighted by Gasteiger charge is 2.16. The third-order valence-corrected chi connectivity index (χ3v) is 4.34. The minimum atomic E-state index is -0.775. The van der Waals surface area contributed by atoms with Gasteiger partial charge in [-0.2, -0.15) is 5.10 Å². The third kappa shape index (κ3) is 4.62. The van der Waals surface area contributed by atoms with Gasteiger partial charge in [-0.3, -0.25) is 9.59 Å². The number of carbonyl (C=O) groups is 2. The zero-order valence-corrected chi connectivity index (χ0v) is 16.2. The molecule has 1 aromatic heterocycles. The van der Waals surface area contributed by atoms with E-state index in [4.69, 9.17) is 33.7 Å². The molecule has 0 spiro atoms. The number of ether oxygens (including phenoxy) is 1. The van der Waals surface area contributed by atoms with Crippen molar-refractivity contribution in [3.63, 3.8) is 0 Å². The van der Waals surface area contributed by atoms with E-state index in [1.165, 1.54) is 10.7 Å². The average molecular weight is 419 g/mol. The molecule has 2 amide bonds. The van der Waals surface area contributed by atoms with E-state index in [9.17, 15) is 9.59 Å². The molecule has 1 heterocycles. The molecule has 0 saturated heterocycles. The van der Waals surface area contributed by atoms with Crippen LogP contribution in [0.1, 0.15) is 17.4 Å². The molecule has 7 nitrogen and oxygen atoms in total. The van der Waals surface area contributed by atoms with Gasteiger partial charge in [0.1, 0.15) is 11.4 Å². The van der Waals surface area contributed by atoms with Crippen molar-refractivity contribution in [2.75, 3.05) is 5.32 Å². The fraction of sp³-hybridized carbons (Fsp3) is 0.105. The van der Waals surface area contributed by atoms with Crippen molar-refractivity contribution in [2.45, 2.75) is 13.0 Å². The van der Waals surface area contributed by atoms with Crippen LogP contribution in [0.3, 0.4) is 0 Å². The molecule has 28 heavy (non-hydrogen) atoms. The van der Waals surface area contributed by atoms with Crippen molar-refractivity contribution in [1.82, 2.24) is 9.78 Å². The molecule has 0 saturated carbocycles. The molecule has 3 rings (SSSR count). The highest BCUT2D eigenvalue weighted by atomic mass is 35.5. The Labute approximate surface area is 171 Å². The van der Waals surface area contributed by atoms with Gasteiger partial charge in [0.15, 0.2) is 6.10 Å². The summed E-state index contributed by atoms with van der Waals surface area (Å²) in [6.07, 6.45) is 0.849. The Morgan fingerprint density at radius 3 is 2.46 bits per heavy atom. The molecule has 1 unspecified atom stereocenters. The molecule has 144 valence electrons. The van der Waals surface area contributed by atoms with Crippen LogP contribution >= 0.6 is 23.2 Å². The first-order valence-electron chi connectivity index (χ1n) is 8.22. The molecule has 0 fully saturated rings. The second-order valence-corrected chi connectivity index (χ2v) is 6.72. The van der Waals surface area contributed by atoms with Gasteiger partial charge in [-0.05, 0) is 55.5 Å². The largest absolute Gasteiger partial charge is 0.479 e. The Morgan fingerprint density at radius 2 is 1.86 bits per heavy atom. The number of rotatable bonds is 6. The molecular formula is C19H16Cl2N4O3. The second-order valence-electron chi connectivity index (χ2n) is 5.88. The van der Waals surface area contributed by atoms with Crippen LogP contribution in [0.25, 0.3) is 5.69 Å². The number of aromatic nitrogens is 2. The summed E-state index contributed by atoms with van der Waals surface area (Å²) in [6, 6.07) is 13.2. The summed E-state index contributed by atoms with van der Waals surface area (Å²) < 4.78 is 7.11. The van der Waals surface area contributed by atoms with E-state index in [0.717, 1.165) is 0 Å². The van der Waals surface area contributed by atoms with Gasteiger partial charge in [0, 0.05) is 16.9 Å². The van der Waals surface area contributed by atoms with Crippen LogP contribution in [0, 0.1) is 0 Å². The maximum Gasteiger partial charge on any atom is 0.269 e. The number of hydrogen-bond acceptors (Lipinski definition) is 4. The lowest BCUT2D eigenvalue weighted by molar-refractivity contribution is -0.122. The zero-order valence-electron chi connectivity index (χ0n) is 14.7. The van der Waals surface area contributed by atoms with Gasteiger partial charge < -0.3 is 15.8 Å². The average Bonchev–Trinajstić information content (AvgIpc) is 3.15. The molecule has 1 atom stereocenters. The lowest BCUT2D eigenvalue weighted by Gasteiger charge is -2.16. The molecule has 0 aliphatic rings. The summed E-state index contributed by atoms with van der Waals surface area (Å²) in [6.45, 7) is 1.61. The fourth-order valence-corrected chi connectivity index (χ4v) is 2.81. The van der Waals surface area contributed by atoms with E-state index in [2.05, 4.69) is 10.4 Å². The maximum absolute atomic E-state index is 12.4. The number of nitrogens with zero attached hydrogens (tertiary/aromatic N) is 2. The molecule has 0 aliphatic carbocycles. The van der Waals surface area contributed by atoms with Gasteiger partial charge in [0.25, 0.3) is 11.8 Å². The van der Waals surface area contributed by atoms with Crippen LogP contribution in [-0.2, 0) is 4.79 Å². The Kier molecular flexibility index (Phi) is 5.87. The predicted molar refractivity (Wildman–Crippen MR) is 107 cm³/mol. The van der Waals surface area contributed by atoms with Crippen LogP contribution in [-0.4, -0.2) is 27.7 Å². The number of anilines is 1. The minimum Gasteiger partial charge on any atom is -0.479 e. The van der Waals surface area contributed by atoms with Crippen LogP contribution in [0.4, 0.5) is 5.69 Å². The Hall–Kier alpha value is -3.03. The normalized spacial score (nSPS) is 11.7. The summed E-state index contributed by atoms with van der Waals surface area (Å²) in [5.74, 6) is -0.570. The van der Waals surface area contributed by atoms with E-state index in [-0.39, 0.29) is 11.6 Å². The van der Waals surface area contributed by atoms with Gasteiger partial charge in [-0.1, -0.05) is 23.2 Å². The monoisotopic (exact) mass is 418 g/mol. The topological polar surface area (TPSA) is 99.2 Å². The Bertz CT molecular complexity index is 1020. The van der Waals surface area contributed by atoms with Gasteiger partial charge in [-0.25, -0.2) is 4.68 Å². The van der Waals surface area contributed by atoms with Crippen molar-refractivity contribution >= 4 is 40.7 Å². The SMILES string of the molecule is CC(Oc1ccc(Cl)cc1Cl)C(=O)Nc1ccc(-n2ccc(C(N)=O)n2)cc1. The number of nitrogens with two attached hydrogens (primary N) is 1. The van der Waals surface area contributed by atoms with E-state index in [0.29, 0.717) is 27.2 Å². The standard InChI is InChI=1S/C19H16Cl2N4O3/c1-11(28-17-7-2-12(20)10-15(17)21)19(27)23-13-3-5-14(6-4-13)25-9-8-16(24-25)18(22)26/h2-11H,1H3,(H2,22,26)(H,23,27). The number of hydrogen-bond donors (Lipinski definition) is 2. The van der Waals surface area contributed by atoms with E-state index in [1.807, 2.05) is 0 Å². The van der Waals surface area contributed by atoms with Crippen molar-refractivity contribution < 1.29 is 14.3 Å². The highest BCUT2D eigenvalue weighted by Crippen LogP contribution is 2.28.